The molecule has 0 saturated heterocycles. The molecule has 1 heterocycles. The number of carbonyl (C=O) groups excluding carboxylic acids is 5. The van der Waals surface area contributed by atoms with E-state index in [4.69, 9.17) is 4.74 Å². The molecule has 1 aliphatic heterocycles. The maximum Gasteiger partial charge on any atom is 0.347 e. The lowest BCUT2D eigenvalue weighted by molar-refractivity contribution is -0.157. The Kier molecular flexibility index (Phi) is 6.09. The first-order valence-electron chi connectivity index (χ1n) is 10.2. The number of hydrogen-bond acceptors (Lipinski definition) is 8. The Morgan fingerprint density at radius 1 is 0.824 bits per heavy atom. The number of imide groups is 1. The summed E-state index contributed by atoms with van der Waals surface area (Å²) in [5, 5.41) is 1.29. The normalized spacial score (nSPS) is 13.4. The van der Waals surface area contributed by atoms with Gasteiger partial charge in [-0.3, -0.25) is 14.4 Å². The summed E-state index contributed by atoms with van der Waals surface area (Å²) in [5.74, 6) is -3.97. The lowest BCUT2D eigenvalue weighted by atomic mass is 9.93. The number of anilines is 1. The van der Waals surface area contributed by atoms with Gasteiger partial charge < -0.3 is 14.2 Å². The van der Waals surface area contributed by atoms with Gasteiger partial charge in [0.25, 0.3) is 11.8 Å². The fourth-order valence-corrected chi connectivity index (χ4v) is 3.82. The van der Waals surface area contributed by atoms with E-state index in [9.17, 15) is 24.0 Å². The highest BCUT2D eigenvalue weighted by molar-refractivity contribution is 6.36. The molecule has 3 aromatic rings. The first kappa shape index (κ1) is 22.7. The third-order valence-electron chi connectivity index (χ3n) is 5.43. The van der Waals surface area contributed by atoms with Crippen molar-refractivity contribution >= 4 is 46.2 Å². The Hall–Kier alpha value is -4.53. The van der Waals surface area contributed by atoms with Crippen molar-refractivity contribution in [1.29, 1.82) is 0 Å². The van der Waals surface area contributed by atoms with Gasteiger partial charge in [0, 0.05) is 16.5 Å². The van der Waals surface area contributed by atoms with Crippen molar-refractivity contribution in [2.75, 3.05) is 19.1 Å². The van der Waals surface area contributed by atoms with Crippen molar-refractivity contribution in [2.24, 2.45) is 0 Å². The van der Waals surface area contributed by atoms with Crippen LogP contribution in [0.1, 0.15) is 37.5 Å². The van der Waals surface area contributed by atoms with Gasteiger partial charge in [-0.2, -0.15) is 0 Å². The van der Waals surface area contributed by atoms with E-state index in [-0.39, 0.29) is 11.3 Å². The van der Waals surface area contributed by atoms with Crippen molar-refractivity contribution in [1.82, 2.24) is 0 Å². The third-order valence-corrected chi connectivity index (χ3v) is 5.43. The fourth-order valence-electron chi connectivity index (χ4n) is 3.82. The number of nitrogens with zero attached hydrogens (tertiary/aromatic N) is 1. The molecule has 1 aliphatic rings. The highest BCUT2D eigenvalue weighted by atomic mass is 16.6. The average Bonchev–Trinajstić information content (AvgIpc) is 2.86. The van der Waals surface area contributed by atoms with Crippen LogP contribution in [-0.4, -0.2) is 50.0 Å². The van der Waals surface area contributed by atoms with Crippen molar-refractivity contribution < 1.29 is 38.2 Å². The number of methoxy groups -OCH3 is 2. The van der Waals surface area contributed by atoms with Gasteiger partial charge in [-0.15, -0.1) is 0 Å². The monoisotopic (exact) mass is 461 g/mol. The van der Waals surface area contributed by atoms with Gasteiger partial charge in [0.15, 0.2) is 0 Å². The molecule has 34 heavy (non-hydrogen) atoms. The molecule has 0 saturated carbocycles. The molecule has 9 nitrogen and oxygen atoms in total. The lowest BCUT2D eigenvalue weighted by Crippen LogP contribution is -2.41. The maximum absolute atomic E-state index is 13.4. The van der Waals surface area contributed by atoms with Crippen LogP contribution in [0.5, 0.6) is 0 Å². The van der Waals surface area contributed by atoms with E-state index in [1.807, 2.05) is 0 Å². The van der Waals surface area contributed by atoms with Crippen molar-refractivity contribution in [3.63, 3.8) is 0 Å². The minimum absolute atomic E-state index is 0.0179. The lowest BCUT2D eigenvalue weighted by Gasteiger charge is -2.28. The zero-order valence-corrected chi connectivity index (χ0v) is 18.3. The number of benzene rings is 3. The van der Waals surface area contributed by atoms with Crippen LogP contribution in [0.2, 0.25) is 0 Å². The van der Waals surface area contributed by atoms with Crippen molar-refractivity contribution in [3.05, 3.63) is 77.4 Å². The SMILES string of the molecule is COC(=O)C[C@H](OC(=O)c1ccccc1N1C(=O)c2cccc3cccc(c23)C1=O)C(=O)OC. The summed E-state index contributed by atoms with van der Waals surface area (Å²) in [6, 6.07) is 16.1. The van der Waals surface area contributed by atoms with Crippen LogP contribution in [0.4, 0.5) is 5.69 Å². The van der Waals surface area contributed by atoms with Crippen LogP contribution in [0.15, 0.2) is 60.7 Å². The van der Waals surface area contributed by atoms with Crippen molar-refractivity contribution in [2.45, 2.75) is 12.5 Å². The molecule has 9 heteroatoms. The highest BCUT2D eigenvalue weighted by Crippen LogP contribution is 2.34. The predicted molar refractivity (Wildman–Crippen MR) is 119 cm³/mol. The van der Waals surface area contributed by atoms with Gasteiger partial charge in [-0.25, -0.2) is 14.5 Å². The first-order valence-corrected chi connectivity index (χ1v) is 10.2. The van der Waals surface area contributed by atoms with E-state index >= 15 is 0 Å². The summed E-state index contributed by atoms with van der Waals surface area (Å²) in [5.41, 5.74) is 0.466. The molecule has 0 aliphatic carbocycles. The van der Waals surface area contributed by atoms with Crippen LogP contribution in [0, 0.1) is 0 Å². The first-order chi connectivity index (χ1) is 16.4. The van der Waals surface area contributed by atoms with Gasteiger partial charge in [0.05, 0.1) is 31.9 Å². The number of carbonyl (C=O) groups is 5. The van der Waals surface area contributed by atoms with Gasteiger partial charge in [-0.05, 0) is 29.7 Å². The Morgan fingerprint density at radius 3 is 2.03 bits per heavy atom. The summed E-state index contributed by atoms with van der Waals surface area (Å²) in [4.78, 5) is 64.4. The molecule has 0 fully saturated rings. The molecule has 2 amide bonds. The minimum atomic E-state index is -1.57. The van der Waals surface area contributed by atoms with E-state index in [1.165, 1.54) is 18.2 Å². The molecule has 3 aromatic carbocycles. The van der Waals surface area contributed by atoms with E-state index in [0.29, 0.717) is 16.5 Å². The molecule has 0 unspecified atom stereocenters. The third kappa shape index (κ3) is 3.88. The Balaban J connectivity index is 1.73. The molecular formula is C25H19NO8. The smallest absolute Gasteiger partial charge is 0.347 e. The fraction of sp³-hybridized carbons (Fsp3) is 0.160. The molecule has 172 valence electrons. The van der Waals surface area contributed by atoms with Crippen molar-refractivity contribution in [3.8, 4) is 0 Å². The van der Waals surface area contributed by atoms with Gasteiger partial charge >= 0.3 is 17.9 Å². The summed E-state index contributed by atoms with van der Waals surface area (Å²) in [7, 11) is 2.21. The van der Waals surface area contributed by atoms with E-state index in [2.05, 4.69) is 9.47 Å². The second-order valence-electron chi connectivity index (χ2n) is 7.37. The largest absolute Gasteiger partial charge is 0.469 e. The molecular weight excluding hydrogens is 442 g/mol. The molecule has 0 N–H and O–H groups in total. The maximum atomic E-state index is 13.4. The molecule has 0 spiro atoms. The topological polar surface area (TPSA) is 116 Å². The Bertz CT molecular complexity index is 1290. The Labute approximate surface area is 193 Å². The molecule has 1 atom stereocenters. The average molecular weight is 461 g/mol. The molecule has 0 bridgehead atoms. The second-order valence-corrected chi connectivity index (χ2v) is 7.37. The highest BCUT2D eigenvalue weighted by Gasteiger charge is 2.37. The number of esters is 3. The molecule has 4 rings (SSSR count). The quantitative estimate of drug-likeness (QED) is 0.313. The van der Waals surface area contributed by atoms with Gasteiger partial charge in [0.1, 0.15) is 0 Å². The van der Waals surface area contributed by atoms with Crippen LogP contribution in [-0.2, 0) is 23.8 Å². The van der Waals surface area contributed by atoms with Gasteiger partial charge in [0.2, 0.25) is 6.10 Å². The number of amides is 2. The van der Waals surface area contributed by atoms with E-state index in [1.54, 1.807) is 42.5 Å². The van der Waals surface area contributed by atoms with E-state index < -0.39 is 42.2 Å². The van der Waals surface area contributed by atoms with Crippen LogP contribution in [0.3, 0.4) is 0 Å². The molecule has 0 radical (unpaired) electrons. The number of hydrogen-bond donors (Lipinski definition) is 0. The Morgan fingerprint density at radius 2 is 1.44 bits per heavy atom. The van der Waals surface area contributed by atoms with Crippen LogP contribution in [0.25, 0.3) is 10.8 Å². The number of ether oxygens (including phenoxy) is 3. The predicted octanol–water partition coefficient (Wildman–Crippen LogP) is 2.90. The van der Waals surface area contributed by atoms with Gasteiger partial charge in [-0.1, -0.05) is 36.4 Å². The summed E-state index contributed by atoms with van der Waals surface area (Å²) >= 11 is 0. The number of para-hydroxylation sites is 1. The van der Waals surface area contributed by atoms with Crippen LogP contribution < -0.4 is 4.90 Å². The molecule has 0 aromatic heterocycles. The summed E-state index contributed by atoms with van der Waals surface area (Å²) in [6.45, 7) is 0. The van der Waals surface area contributed by atoms with E-state index in [0.717, 1.165) is 24.5 Å². The summed E-state index contributed by atoms with van der Waals surface area (Å²) in [6.07, 6.45) is -2.13. The minimum Gasteiger partial charge on any atom is -0.469 e. The summed E-state index contributed by atoms with van der Waals surface area (Å²) < 4.78 is 14.4. The standard InChI is InChI=1S/C25H19NO8/c1-32-20(27)13-19(25(31)33-2)34-24(30)15-9-3-4-12-18(15)26-22(28)16-10-5-7-14-8-6-11-17(21(14)16)23(26)29/h3-12,19H,13H2,1-2H3/t19-/m0/s1. The zero-order valence-electron chi connectivity index (χ0n) is 18.3. The zero-order chi connectivity index (χ0) is 24.4. The van der Waals surface area contributed by atoms with Crippen LogP contribution >= 0.6 is 0 Å². The number of rotatable bonds is 6. The second kappa shape index (κ2) is 9.14.